The lowest BCUT2D eigenvalue weighted by Gasteiger charge is -2.10. The number of fused-ring (bicyclic) bond motifs is 2. The number of nitrogens with two attached hydrogens (primary N) is 2. The van der Waals surface area contributed by atoms with Crippen LogP contribution in [0.15, 0.2) is 77.9 Å². The first-order chi connectivity index (χ1) is 12.6. The van der Waals surface area contributed by atoms with E-state index in [0.29, 0.717) is 5.56 Å². The van der Waals surface area contributed by atoms with Crippen LogP contribution in [0.1, 0.15) is 10.4 Å². The Morgan fingerprint density at radius 3 is 2.38 bits per heavy atom. The van der Waals surface area contributed by atoms with E-state index in [-0.39, 0.29) is 5.96 Å². The summed E-state index contributed by atoms with van der Waals surface area (Å²) in [5, 5.41) is 3.04. The van der Waals surface area contributed by atoms with Crippen molar-refractivity contribution in [3.05, 3.63) is 78.5 Å². The molecule has 0 saturated heterocycles. The fraction of sp³-hybridized carbons (Fsp3) is 0. The van der Waals surface area contributed by atoms with Gasteiger partial charge in [0.15, 0.2) is 5.96 Å². The normalized spacial score (nSPS) is 10.8. The number of carbonyl (C=O) groups excluding carboxylic acids is 1. The standard InChI is InChI=1S/C21H16N4O/c22-21(23)25-20(26)15-10-9-13-4-1-7-16(18(13)12-15)17-8-2-5-14-6-3-11-24-19(14)17/h1-12H,(H4,22,23,25,26). The third kappa shape index (κ3) is 2.75. The molecule has 0 bridgehead atoms. The van der Waals surface area contributed by atoms with Gasteiger partial charge in [0.2, 0.25) is 0 Å². The van der Waals surface area contributed by atoms with Gasteiger partial charge in [0.25, 0.3) is 5.91 Å². The number of para-hydroxylation sites is 1. The third-order valence-corrected chi connectivity index (χ3v) is 4.28. The van der Waals surface area contributed by atoms with E-state index >= 15 is 0 Å². The maximum Gasteiger partial charge on any atom is 0.280 e. The van der Waals surface area contributed by atoms with Crippen molar-refractivity contribution in [2.24, 2.45) is 16.5 Å². The van der Waals surface area contributed by atoms with Gasteiger partial charge in [-0.3, -0.25) is 9.78 Å². The minimum absolute atomic E-state index is 0.248. The van der Waals surface area contributed by atoms with E-state index in [1.165, 1.54) is 0 Å². The van der Waals surface area contributed by atoms with Gasteiger partial charge in [-0.05, 0) is 34.5 Å². The predicted octanol–water partition coefficient (Wildman–Crippen LogP) is 3.47. The highest BCUT2D eigenvalue weighted by Gasteiger charge is 2.11. The average molecular weight is 340 g/mol. The summed E-state index contributed by atoms with van der Waals surface area (Å²) >= 11 is 0. The molecule has 0 aliphatic rings. The molecule has 26 heavy (non-hydrogen) atoms. The molecule has 0 aliphatic carbocycles. The Hall–Kier alpha value is -3.73. The largest absolute Gasteiger partial charge is 0.370 e. The molecule has 0 unspecified atom stereocenters. The van der Waals surface area contributed by atoms with E-state index in [1.54, 1.807) is 12.3 Å². The highest BCUT2D eigenvalue weighted by molar-refractivity contribution is 6.08. The molecule has 0 fully saturated rings. The Bertz CT molecular complexity index is 1170. The van der Waals surface area contributed by atoms with Crippen molar-refractivity contribution >= 4 is 33.5 Å². The number of aliphatic imine (C=N–C) groups is 1. The van der Waals surface area contributed by atoms with Gasteiger partial charge in [-0.1, -0.05) is 48.5 Å². The number of benzene rings is 3. The van der Waals surface area contributed by atoms with E-state index in [0.717, 1.165) is 32.8 Å². The predicted molar refractivity (Wildman–Crippen MR) is 105 cm³/mol. The molecular weight excluding hydrogens is 324 g/mol. The van der Waals surface area contributed by atoms with Gasteiger partial charge in [0.05, 0.1) is 5.52 Å². The van der Waals surface area contributed by atoms with E-state index in [2.05, 4.69) is 9.98 Å². The van der Waals surface area contributed by atoms with E-state index < -0.39 is 5.91 Å². The number of carbonyl (C=O) groups is 1. The summed E-state index contributed by atoms with van der Waals surface area (Å²) in [5.74, 6) is -0.709. The molecule has 0 saturated carbocycles. The zero-order valence-corrected chi connectivity index (χ0v) is 13.9. The second-order valence-corrected chi connectivity index (χ2v) is 5.96. The fourth-order valence-corrected chi connectivity index (χ4v) is 3.14. The molecule has 5 nitrogen and oxygen atoms in total. The van der Waals surface area contributed by atoms with Crippen LogP contribution in [0, 0.1) is 0 Å². The highest BCUT2D eigenvalue weighted by atomic mass is 16.1. The van der Waals surface area contributed by atoms with E-state index in [9.17, 15) is 4.79 Å². The topological polar surface area (TPSA) is 94.4 Å². The highest BCUT2D eigenvalue weighted by Crippen LogP contribution is 2.33. The summed E-state index contributed by atoms with van der Waals surface area (Å²) < 4.78 is 0. The number of hydrogen-bond donors (Lipinski definition) is 2. The molecule has 0 atom stereocenters. The van der Waals surface area contributed by atoms with E-state index in [1.807, 2.05) is 60.7 Å². The molecule has 0 spiro atoms. The average Bonchev–Trinajstić information content (AvgIpc) is 2.66. The van der Waals surface area contributed by atoms with Crippen LogP contribution in [-0.2, 0) is 0 Å². The number of amides is 1. The number of nitrogens with zero attached hydrogens (tertiary/aromatic N) is 2. The lowest BCUT2D eigenvalue weighted by Crippen LogP contribution is -2.24. The van der Waals surface area contributed by atoms with Crippen LogP contribution in [0.2, 0.25) is 0 Å². The molecule has 0 radical (unpaired) electrons. The van der Waals surface area contributed by atoms with Crippen molar-refractivity contribution in [3.63, 3.8) is 0 Å². The summed E-state index contributed by atoms with van der Waals surface area (Å²) in [4.78, 5) is 20.4. The van der Waals surface area contributed by atoms with Crippen LogP contribution >= 0.6 is 0 Å². The van der Waals surface area contributed by atoms with Crippen molar-refractivity contribution in [2.45, 2.75) is 0 Å². The maximum atomic E-state index is 12.2. The number of rotatable bonds is 2. The number of guanidine groups is 1. The van der Waals surface area contributed by atoms with Crippen molar-refractivity contribution < 1.29 is 4.79 Å². The molecule has 4 N–H and O–H groups in total. The second-order valence-electron chi connectivity index (χ2n) is 5.96. The van der Waals surface area contributed by atoms with Gasteiger partial charge in [0.1, 0.15) is 0 Å². The van der Waals surface area contributed by atoms with Gasteiger partial charge in [-0.2, -0.15) is 4.99 Å². The van der Waals surface area contributed by atoms with Crippen LogP contribution in [0.4, 0.5) is 0 Å². The summed E-state index contributed by atoms with van der Waals surface area (Å²) in [6.07, 6.45) is 1.78. The number of hydrogen-bond acceptors (Lipinski definition) is 2. The Kier molecular flexibility index (Phi) is 3.82. The van der Waals surface area contributed by atoms with Crippen molar-refractivity contribution in [1.82, 2.24) is 4.98 Å². The van der Waals surface area contributed by atoms with E-state index in [4.69, 9.17) is 11.5 Å². The smallest absolute Gasteiger partial charge is 0.280 e. The van der Waals surface area contributed by atoms with Crippen LogP contribution in [0.5, 0.6) is 0 Å². The summed E-state index contributed by atoms with van der Waals surface area (Å²) in [5.41, 5.74) is 14.0. The van der Waals surface area contributed by atoms with Gasteiger partial charge < -0.3 is 11.5 Å². The zero-order valence-electron chi connectivity index (χ0n) is 13.9. The molecule has 5 heteroatoms. The van der Waals surface area contributed by atoms with Crippen LogP contribution < -0.4 is 11.5 Å². The minimum Gasteiger partial charge on any atom is -0.370 e. The maximum absolute atomic E-state index is 12.2. The number of aromatic nitrogens is 1. The Morgan fingerprint density at radius 1 is 0.846 bits per heavy atom. The SMILES string of the molecule is NC(N)=NC(=O)c1ccc2cccc(-c3cccc4cccnc34)c2c1. The van der Waals surface area contributed by atoms with Gasteiger partial charge in [-0.15, -0.1) is 0 Å². The molecular formula is C21H16N4O. The van der Waals surface area contributed by atoms with Crippen molar-refractivity contribution in [3.8, 4) is 11.1 Å². The Labute approximate surface area is 150 Å². The Balaban J connectivity index is 1.98. The first kappa shape index (κ1) is 15.8. The lowest BCUT2D eigenvalue weighted by molar-refractivity contribution is 0.100. The molecule has 1 heterocycles. The van der Waals surface area contributed by atoms with Gasteiger partial charge in [0, 0.05) is 22.7 Å². The molecule has 1 amide bonds. The monoisotopic (exact) mass is 340 g/mol. The third-order valence-electron chi connectivity index (χ3n) is 4.28. The number of pyridine rings is 1. The molecule has 4 aromatic rings. The van der Waals surface area contributed by atoms with Crippen LogP contribution in [0.3, 0.4) is 0 Å². The van der Waals surface area contributed by atoms with Crippen molar-refractivity contribution in [1.29, 1.82) is 0 Å². The van der Waals surface area contributed by atoms with Crippen LogP contribution in [-0.4, -0.2) is 16.9 Å². The summed E-state index contributed by atoms with van der Waals surface area (Å²) in [7, 11) is 0. The first-order valence-corrected chi connectivity index (χ1v) is 8.14. The lowest BCUT2D eigenvalue weighted by atomic mass is 9.95. The zero-order chi connectivity index (χ0) is 18.1. The summed E-state index contributed by atoms with van der Waals surface area (Å²) in [6, 6.07) is 21.5. The van der Waals surface area contributed by atoms with Crippen LogP contribution in [0.25, 0.3) is 32.8 Å². The Morgan fingerprint density at radius 2 is 1.58 bits per heavy atom. The molecule has 3 aromatic carbocycles. The molecule has 0 aliphatic heterocycles. The second kappa shape index (κ2) is 6.29. The quantitative estimate of drug-likeness (QED) is 0.431. The van der Waals surface area contributed by atoms with Gasteiger partial charge >= 0.3 is 0 Å². The minimum atomic E-state index is -0.460. The fourth-order valence-electron chi connectivity index (χ4n) is 3.14. The molecule has 4 rings (SSSR count). The van der Waals surface area contributed by atoms with Gasteiger partial charge in [-0.25, -0.2) is 0 Å². The molecule has 126 valence electrons. The first-order valence-electron chi connectivity index (χ1n) is 8.14. The summed E-state index contributed by atoms with van der Waals surface area (Å²) in [6.45, 7) is 0. The molecule has 1 aromatic heterocycles. The van der Waals surface area contributed by atoms with Crippen molar-refractivity contribution in [2.75, 3.05) is 0 Å².